The molecular weight excluding hydrogens is 719 g/mol. The zero-order valence-corrected chi connectivity index (χ0v) is 31.1. The van der Waals surface area contributed by atoms with Gasteiger partial charge in [-0.1, -0.05) is 127 Å². The zero-order chi connectivity index (χ0) is 37.5. The van der Waals surface area contributed by atoms with Crippen LogP contribution < -0.4 is 0 Å². The zero-order valence-electron chi connectivity index (χ0n) is 30.3. The number of hydrogen-bond acceptors (Lipinski definition) is 6. The molecule has 57 heavy (non-hydrogen) atoms. The fourth-order valence-corrected chi connectivity index (χ4v) is 9.41. The van der Waals surface area contributed by atoms with Crippen molar-refractivity contribution in [2.45, 2.75) is 0 Å². The third kappa shape index (κ3) is 5.12. The number of fused-ring (bicyclic) bond motifs is 9. The average molecular weight is 748 g/mol. The first-order valence-corrected chi connectivity index (χ1v) is 19.7. The van der Waals surface area contributed by atoms with Gasteiger partial charge in [0.1, 0.15) is 22.3 Å². The van der Waals surface area contributed by atoms with Crippen LogP contribution in [-0.4, -0.2) is 15.0 Å². The molecule has 0 spiro atoms. The van der Waals surface area contributed by atoms with Crippen molar-refractivity contribution in [3.8, 4) is 56.4 Å². The Morgan fingerprint density at radius 1 is 0.333 bits per heavy atom. The minimum Gasteiger partial charge on any atom is -0.455 e. The monoisotopic (exact) mass is 747 g/mol. The Kier molecular flexibility index (Phi) is 7.03. The second-order valence-corrected chi connectivity index (χ2v) is 15.4. The first kappa shape index (κ1) is 31.9. The van der Waals surface area contributed by atoms with Gasteiger partial charge in [-0.2, -0.15) is 0 Å². The van der Waals surface area contributed by atoms with Crippen LogP contribution in [0.2, 0.25) is 0 Å². The highest BCUT2D eigenvalue weighted by Gasteiger charge is 2.21. The van der Waals surface area contributed by atoms with Crippen LogP contribution >= 0.6 is 11.3 Å². The summed E-state index contributed by atoms with van der Waals surface area (Å²) in [7, 11) is 0. The average Bonchev–Trinajstić information content (AvgIpc) is 3.97. The van der Waals surface area contributed by atoms with E-state index in [0.29, 0.717) is 17.5 Å². The molecule has 0 aliphatic carbocycles. The Morgan fingerprint density at radius 2 is 0.930 bits per heavy atom. The van der Waals surface area contributed by atoms with E-state index in [1.54, 1.807) is 0 Å². The molecule has 4 heterocycles. The highest BCUT2D eigenvalue weighted by Crippen LogP contribution is 2.46. The maximum absolute atomic E-state index is 6.83. The number of hydrogen-bond donors (Lipinski definition) is 0. The highest BCUT2D eigenvalue weighted by molar-refractivity contribution is 7.25. The third-order valence-electron chi connectivity index (χ3n) is 10.9. The van der Waals surface area contributed by atoms with E-state index in [9.17, 15) is 0 Å². The van der Waals surface area contributed by atoms with Gasteiger partial charge in [-0.3, -0.25) is 0 Å². The largest absolute Gasteiger partial charge is 0.455 e. The summed E-state index contributed by atoms with van der Waals surface area (Å²) in [5.74, 6) is 1.78. The van der Waals surface area contributed by atoms with Crippen molar-refractivity contribution in [3.63, 3.8) is 0 Å². The molecule has 5 nitrogen and oxygen atoms in total. The van der Waals surface area contributed by atoms with Crippen LogP contribution in [0, 0.1) is 0 Å². The van der Waals surface area contributed by atoms with E-state index in [2.05, 4.69) is 97.1 Å². The Balaban J connectivity index is 1.05. The third-order valence-corrected chi connectivity index (χ3v) is 12.1. The number of para-hydroxylation sites is 2. The van der Waals surface area contributed by atoms with Gasteiger partial charge in [0.2, 0.25) is 0 Å². The van der Waals surface area contributed by atoms with Crippen molar-refractivity contribution in [1.29, 1.82) is 0 Å². The quantitative estimate of drug-likeness (QED) is 0.175. The number of benzene rings is 8. The lowest BCUT2D eigenvalue weighted by Crippen LogP contribution is -2.00. The second-order valence-electron chi connectivity index (χ2n) is 14.3. The van der Waals surface area contributed by atoms with E-state index in [1.165, 1.54) is 20.2 Å². The molecule has 266 valence electrons. The first-order valence-electron chi connectivity index (χ1n) is 18.9. The van der Waals surface area contributed by atoms with Gasteiger partial charge in [-0.05, 0) is 65.2 Å². The van der Waals surface area contributed by atoms with Crippen LogP contribution in [0.25, 0.3) is 120 Å². The molecular formula is C51H29N3O2S. The first-order chi connectivity index (χ1) is 28.2. The van der Waals surface area contributed by atoms with Crippen molar-refractivity contribution < 1.29 is 8.83 Å². The van der Waals surface area contributed by atoms with Crippen molar-refractivity contribution in [3.05, 3.63) is 176 Å². The van der Waals surface area contributed by atoms with Crippen LogP contribution in [0.15, 0.2) is 185 Å². The molecule has 8 aromatic carbocycles. The lowest BCUT2D eigenvalue weighted by atomic mass is 9.93. The SMILES string of the molecule is c1ccc(-c2nc(-c3ccccc3)nc(-c3cccc4c3oc3cc(-c5cc(-c6cccc7sc8ccccc8c67)c6oc7ccccc7c6c5)ccc34)n2)cc1. The van der Waals surface area contributed by atoms with Crippen LogP contribution in [0.4, 0.5) is 0 Å². The van der Waals surface area contributed by atoms with Crippen LogP contribution in [0.1, 0.15) is 0 Å². The predicted octanol–water partition coefficient (Wildman–Crippen LogP) is 14.4. The normalized spacial score (nSPS) is 11.9. The Hall–Kier alpha value is -7.41. The molecule has 0 unspecified atom stereocenters. The Bertz CT molecular complexity index is 3470. The van der Waals surface area contributed by atoms with E-state index in [1.807, 2.05) is 90.2 Å². The molecule has 12 rings (SSSR count). The molecule has 0 saturated heterocycles. The molecule has 0 aliphatic heterocycles. The van der Waals surface area contributed by atoms with Crippen molar-refractivity contribution >= 4 is 75.4 Å². The summed E-state index contributed by atoms with van der Waals surface area (Å²) in [6.45, 7) is 0. The summed E-state index contributed by atoms with van der Waals surface area (Å²) < 4.78 is 16.0. The van der Waals surface area contributed by atoms with Gasteiger partial charge in [-0.25, -0.2) is 15.0 Å². The summed E-state index contributed by atoms with van der Waals surface area (Å²) >= 11 is 1.83. The van der Waals surface area contributed by atoms with Gasteiger partial charge in [0.05, 0.1) is 5.56 Å². The van der Waals surface area contributed by atoms with Crippen molar-refractivity contribution in [2.75, 3.05) is 0 Å². The molecule has 0 saturated carbocycles. The lowest BCUT2D eigenvalue weighted by Gasteiger charge is -2.10. The predicted molar refractivity (Wildman–Crippen MR) is 234 cm³/mol. The molecule has 0 fully saturated rings. The van der Waals surface area contributed by atoms with Gasteiger partial charge >= 0.3 is 0 Å². The fourth-order valence-electron chi connectivity index (χ4n) is 8.28. The molecule has 0 bridgehead atoms. The van der Waals surface area contributed by atoms with Gasteiger partial charge in [-0.15, -0.1) is 11.3 Å². The molecule has 0 radical (unpaired) electrons. The van der Waals surface area contributed by atoms with E-state index in [0.717, 1.165) is 82.8 Å². The van der Waals surface area contributed by atoms with E-state index >= 15 is 0 Å². The summed E-state index contributed by atoms with van der Waals surface area (Å²) in [6.07, 6.45) is 0. The van der Waals surface area contributed by atoms with Gasteiger partial charge in [0.15, 0.2) is 17.5 Å². The second kappa shape index (κ2) is 12.6. The van der Waals surface area contributed by atoms with E-state index in [4.69, 9.17) is 23.8 Å². The van der Waals surface area contributed by atoms with Crippen molar-refractivity contribution in [1.82, 2.24) is 15.0 Å². The molecule has 0 atom stereocenters. The molecule has 0 N–H and O–H groups in total. The van der Waals surface area contributed by atoms with E-state index in [-0.39, 0.29) is 0 Å². The maximum Gasteiger partial charge on any atom is 0.167 e. The van der Waals surface area contributed by atoms with Gasteiger partial charge < -0.3 is 8.83 Å². The molecule has 6 heteroatoms. The summed E-state index contributed by atoms with van der Waals surface area (Å²) in [4.78, 5) is 14.9. The number of aromatic nitrogens is 3. The topological polar surface area (TPSA) is 65.0 Å². The number of nitrogens with zero attached hydrogens (tertiary/aromatic N) is 3. The van der Waals surface area contributed by atoms with Crippen LogP contribution in [0.5, 0.6) is 0 Å². The fraction of sp³-hybridized carbons (Fsp3) is 0. The number of thiophene rings is 1. The summed E-state index contributed by atoms with van der Waals surface area (Å²) in [5, 5.41) is 6.72. The standard InChI is InChI=1S/C51H29N3O2S/c1-3-13-30(14-4-1)49-52-50(31-15-5-2-6-16-31)54-51(53-49)39-21-11-20-37-35-26-25-32(29-43(35)56-47(37)39)33-27-40-34-17-7-9-22-42(34)55-48(40)41(28-33)36-19-12-24-45-46(36)38-18-8-10-23-44(38)57-45/h1-29H. The minimum atomic E-state index is 0.560. The number of rotatable bonds is 5. The Labute approximate surface area is 330 Å². The van der Waals surface area contributed by atoms with Crippen LogP contribution in [0.3, 0.4) is 0 Å². The van der Waals surface area contributed by atoms with Gasteiger partial charge in [0, 0.05) is 58.4 Å². The van der Waals surface area contributed by atoms with E-state index < -0.39 is 0 Å². The molecule has 0 amide bonds. The highest BCUT2D eigenvalue weighted by atomic mass is 32.1. The van der Waals surface area contributed by atoms with Gasteiger partial charge in [0.25, 0.3) is 0 Å². The van der Waals surface area contributed by atoms with Crippen LogP contribution in [-0.2, 0) is 0 Å². The molecule has 12 aromatic rings. The van der Waals surface area contributed by atoms with Crippen molar-refractivity contribution in [2.24, 2.45) is 0 Å². The molecule has 4 aromatic heterocycles. The maximum atomic E-state index is 6.83. The number of furan rings is 2. The smallest absolute Gasteiger partial charge is 0.167 e. The molecule has 0 aliphatic rings. The minimum absolute atomic E-state index is 0.560. The summed E-state index contributed by atoms with van der Waals surface area (Å²) in [5.41, 5.74) is 10.3. The Morgan fingerprint density at radius 3 is 1.74 bits per heavy atom. The lowest BCUT2D eigenvalue weighted by molar-refractivity contribution is 0.669. The summed E-state index contributed by atoms with van der Waals surface area (Å²) in [6, 6.07) is 60.9.